The molecule has 0 saturated carbocycles. The number of carbonyl (C=O) groups excluding carboxylic acids is 2. The Hall–Kier alpha value is -1.51. The molecule has 2 amide bonds. The van der Waals surface area contributed by atoms with Gasteiger partial charge in [-0.3, -0.25) is 9.59 Å². The van der Waals surface area contributed by atoms with Crippen LogP contribution < -0.4 is 5.32 Å². The maximum Gasteiger partial charge on any atom is 0.406 e. The van der Waals surface area contributed by atoms with Crippen molar-refractivity contribution in [3.8, 4) is 0 Å². The standard InChI is InChI=1S/C12H12BrF3N2O3/c1-6-4-8(13)21-9(6)10(19)17-7-2-3-18(11(7)20)5-12(14,15)16/h4,7H,2-3,5H2,1H3,(H,17,19). The molecule has 1 N–H and O–H groups in total. The number of nitrogens with one attached hydrogen (secondary N) is 1. The van der Waals surface area contributed by atoms with E-state index in [0.717, 1.165) is 0 Å². The Morgan fingerprint density at radius 3 is 2.76 bits per heavy atom. The molecule has 0 aliphatic carbocycles. The zero-order chi connectivity index (χ0) is 15.8. The third-order valence-corrected chi connectivity index (χ3v) is 3.46. The second-order valence-corrected chi connectivity index (χ2v) is 5.53. The molecular formula is C12H12BrF3N2O3. The number of hydrogen-bond acceptors (Lipinski definition) is 3. The first kappa shape index (κ1) is 15.9. The van der Waals surface area contributed by atoms with E-state index in [2.05, 4.69) is 21.2 Å². The van der Waals surface area contributed by atoms with Crippen molar-refractivity contribution in [2.45, 2.75) is 25.6 Å². The molecule has 9 heteroatoms. The number of hydrogen-bond donors (Lipinski definition) is 1. The number of likely N-dealkylation sites (tertiary alicyclic amines) is 1. The maximum atomic E-state index is 12.3. The molecule has 21 heavy (non-hydrogen) atoms. The SMILES string of the molecule is Cc1cc(Br)oc1C(=O)NC1CCN(CC(F)(F)F)C1=O. The largest absolute Gasteiger partial charge is 0.444 e. The molecule has 0 radical (unpaired) electrons. The van der Waals surface area contributed by atoms with Gasteiger partial charge in [0, 0.05) is 12.1 Å². The first-order chi connectivity index (χ1) is 9.67. The normalized spacial score (nSPS) is 19.2. The molecule has 1 saturated heterocycles. The second-order valence-electron chi connectivity index (χ2n) is 4.75. The Balaban J connectivity index is 2.00. The smallest absolute Gasteiger partial charge is 0.406 e. The summed E-state index contributed by atoms with van der Waals surface area (Å²) in [5, 5.41) is 2.40. The quantitative estimate of drug-likeness (QED) is 0.889. The van der Waals surface area contributed by atoms with Gasteiger partial charge in [-0.05, 0) is 35.3 Å². The fourth-order valence-electron chi connectivity index (χ4n) is 2.14. The number of furan rings is 1. The fourth-order valence-corrected chi connectivity index (χ4v) is 2.64. The minimum absolute atomic E-state index is 0.0314. The number of nitrogens with zero attached hydrogens (tertiary/aromatic N) is 1. The number of halogens is 4. The van der Waals surface area contributed by atoms with Crippen molar-refractivity contribution in [1.82, 2.24) is 10.2 Å². The summed E-state index contributed by atoms with van der Waals surface area (Å²) in [5.74, 6) is -1.32. The molecule has 1 atom stereocenters. The van der Waals surface area contributed by atoms with E-state index in [-0.39, 0.29) is 18.7 Å². The van der Waals surface area contributed by atoms with Crippen molar-refractivity contribution in [2.24, 2.45) is 0 Å². The van der Waals surface area contributed by atoms with Crippen LogP contribution in [0.1, 0.15) is 22.5 Å². The fraction of sp³-hybridized carbons (Fsp3) is 0.500. The van der Waals surface area contributed by atoms with E-state index in [0.29, 0.717) is 15.1 Å². The molecular weight excluding hydrogens is 357 g/mol. The van der Waals surface area contributed by atoms with Crippen LogP contribution in [0.5, 0.6) is 0 Å². The van der Waals surface area contributed by atoms with Crippen molar-refractivity contribution in [2.75, 3.05) is 13.1 Å². The summed E-state index contributed by atoms with van der Waals surface area (Å²) < 4.78 is 42.4. The second kappa shape index (κ2) is 5.70. The topological polar surface area (TPSA) is 62.6 Å². The van der Waals surface area contributed by atoms with Gasteiger partial charge in [0.25, 0.3) is 5.91 Å². The summed E-state index contributed by atoms with van der Waals surface area (Å²) in [6, 6.07) is 0.629. The third kappa shape index (κ3) is 3.78. The number of amides is 2. The molecule has 2 rings (SSSR count). The first-order valence-corrected chi connectivity index (χ1v) is 6.89. The lowest BCUT2D eigenvalue weighted by atomic mass is 10.2. The highest BCUT2D eigenvalue weighted by Crippen LogP contribution is 2.22. The lowest BCUT2D eigenvalue weighted by Gasteiger charge is -2.18. The number of carbonyl (C=O) groups is 2. The Bertz CT molecular complexity index is 571. The Labute approximate surface area is 126 Å². The van der Waals surface area contributed by atoms with Crippen molar-refractivity contribution >= 4 is 27.7 Å². The average Bonchev–Trinajstić information content (AvgIpc) is 2.84. The van der Waals surface area contributed by atoms with Crippen LogP contribution in [0.25, 0.3) is 0 Å². The number of rotatable bonds is 3. The third-order valence-electron chi connectivity index (χ3n) is 3.07. The Morgan fingerprint density at radius 1 is 1.57 bits per heavy atom. The maximum absolute atomic E-state index is 12.3. The molecule has 0 aromatic carbocycles. The van der Waals surface area contributed by atoms with E-state index in [1.165, 1.54) is 0 Å². The van der Waals surface area contributed by atoms with E-state index < -0.39 is 30.6 Å². The van der Waals surface area contributed by atoms with Gasteiger partial charge in [-0.25, -0.2) is 0 Å². The lowest BCUT2D eigenvalue weighted by Crippen LogP contribution is -2.43. The molecule has 1 unspecified atom stereocenters. The summed E-state index contributed by atoms with van der Waals surface area (Å²) in [5.41, 5.74) is 0.567. The predicted octanol–water partition coefficient (Wildman–Crippen LogP) is 2.24. The van der Waals surface area contributed by atoms with Gasteiger partial charge >= 0.3 is 6.18 Å². The Morgan fingerprint density at radius 2 is 2.24 bits per heavy atom. The molecule has 0 bridgehead atoms. The van der Waals surface area contributed by atoms with Gasteiger partial charge in [0.05, 0.1) is 0 Å². The highest BCUT2D eigenvalue weighted by atomic mass is 79.9. The molecule has 1 aromatic heterocycles. The number of alkyl halides is 3. The molecule has 116 valence electrons. The minimum atomic E-state index is -4.45. The predicted molar refractivity (Wildman–Crippen MR) is 69.7 cm³/mol. The van der Waals surface area contributed by atoms with Gasteiger partial charge in [-0.2, -0.15) is 13.2 Å². The summed E-state index contributed by atoms with van der Waals surface area (Å²) in [4.78, 5) is 24.5. The van der Waals surface area contributed by atoms with Crippen LogP contribution in [0.4, 0.5) is 13.2 Å². The van der Waals surface area contributed by atoms with Gasteiger partial charge < -0.3 is 14.6 Å². The average molecular weight is 369 g/mol. The summed E-state index contributed by atoms with van der Waals surface area (Å²) in [6.45, 7) is 0.309. The lowest BCUT2D eigenvalue weighted by molar-refractivity contribution is -0.157. The molecule has 5 nitrogen and oxygen atoms in total. The van der Waals surface area contributed by atoms with Crippen LogP contribution in [0, 0.1) is 6.92 Å². The monoisotopic (exact) mass is 368 g/mol. The van der Waals surface area contributed by atoms with Gasteiger partial charge in [-0.1, -0.05) is 0 Å². The minimum Gasteiger partial charge on any atom is -0.444 e. The van der Waals surface area contributed by atoms with Crippen LogP contribution in [-0.4, -0.2) is 42.0 Å². The van der Waals surface area contributed by atoms with Crippen LogP contribution in [0.3, 0.4) is 0 Å². The van der Waals surface area contributed by atoms with Gasteiger partial charge in [-0.15, -0.1) is 0 Å². The highest BCUT2D eigenvalue weighted by Gasteiger charge is 2.40. The summed E-state index contributed by atoms with van der Waals surface area (Å²) in [6.07, 6.45) is -4.31. The van der Waals surface area contributed by atoms with E-state index in [4.69, 9.17) is 4.42 Å². The van der Waals surface area contributed by atoms with E-state index in [9.17, 15) is 22.8 Å². The van der Waals surface area contributed by atoms with Crippen molar-refractivity contribution in [1.29, 1.82) is 0 Å². The van der Waals surface area contributed by atoms with Gasteiger partial charge in [0.1, 0.15) is 12.6 Å². The van der Waals surface area contributed by atoms with Crippen LogP contribution in [-0.2, 0) is 4.79 Å². The van der Waals surface area contributed by atoms with Crippen LogP contribution in [0.15, 0.2) is 15.2 Å². The molecule has 1 aliphatic heterocycles. The molecule has 2 heterocycles. The van der Waals surface area contributed by atoms with Crippen LogP contribution in [0.2, 0.25) is 0 Å². The summed E-state index contributed by atoms with van der Waals surface area (Å²) in [7, 11) is 0. The zero-order valence-corrected chi connectivity index (χ0v) is 12.5. The Kier molecular flexibility index (Phi) is 4.31. The van der Waals surface area contributed by atoms with Gasteiger partial charge in [0.2, 0.25) is 5.91 Å². The van der Waals surface area contributed by atoms with Gasteiger partial charge in [0.15, 0.2) is 10.4 Å². The van der Waals surface area contributed by atoms with Crippen molar-refractivity contribution in [3.05, 3.63) is 22.1 Å². The molecule has 1 aromatic rings. The van der Waals surface area contributed by atoms with E-state index in [1.54, 1.807) is 13.0 Å². The van der Waals surface area contributed by atoms with E-state index >= 15 is 0 Å². The summed E-state index contributed by atoms with van der Waals surface area (Å²) >= 11 is 3.07. The van der Waals surface area contributed by atoms with E-state index in [1.807, 2.05) is 0 Å². The molecule has 1 aliphatic rings. The highest BCUT2D eigenvalue weighted by molar-refractivity contribution is 9.10. The van der Waals surface area contributed by atoms with Crippen molar-refractivity contribution in [3.63, 3.8) is 0 Å². The zero-order valence-electron chi connectivity index (χ0n) is 11.0. The number of aryl methyl sites for hydroxylation is 1. The van der Waals surface area contributed by atoms with Crippen molar-refractivity contribution < 1.29 is 27.2 Å². The molecule has 0 spiro atoms. The van der Waals surface area contributed by atoms with Crippen LogP contribution >= 0.6 is 15.9 Å². The first-order valence-electron chi connectivity index (χ1n) is 6.09. The molecule has 1 fully saturated rings.